The molecule has 0 aliphatic carbocycles. The molecule has 1 fully saturated rings. The maximum Gasteiger partial charge on any atom is 0.263 e. The number of methoxy groups -OCH3 is 1. The summed E-state index contributed by atoms with van der Waals surface area (Å²) in [7, 11) is 3.70. The monoisotopic (exact) mass is 328 g/mol. The maximum absolute atomic E-state index is 12.1. The molecule has 128 valence electrons. The number of hydrogen-bond acceptors (Lipinski definition) is 5. The minimum absolute atomic E-state index is 0.161. The molecular formula is C18H24N4O2. The third-order valence-corrected chi connectivity index (χ3v) is 4.07. The summed E-state index contributed by atoms with van der Waals surface area (Å²) in [4.78, 5) is 16.4. The fourth-order valence-corrected chi connectivity index (χ4v) is 2.48. The molecule has 0 spiro atoms. The van der Waals surface area contributed by atoms with Gasteiger partial charge in [-0.2, -0.15) is 5.26 Å². The molecule has 0 atom stereocenters. The van der Waals surface area contributed by atoms with E-state index < -0.39 is 0 Å². The lowest BCUT2D eigenvalue weighted by Crippen LogP contribution is -2.42. The lowest BCUT2D eigenvalue weighted by molar-refractivity contribution is -0.117. The Kier molecular flexibility index (Phi) is 6.64. The molecule has 2 rings (SSSR count). The lowest BCUT2D eigenvalue weighted by atomic mass is 10.1. The molecule has 1 saturated heterocycles. The van der Waals surface area contributed by atoms with Gasteiger partial charge < -0.3 is 19.9 Å². The van der Waals surface area contributed by atoms with E-state index in [-0.39, 0.29) is 11.5 Å². The number of amides is 1. The second kappa shape index (κ2) is 8.94. The summed E-state index contributed by atoms with van der Waals surface area (Å²) in [6.07, 6.45) is 2.39. The number of likely N-dealkylation sites (N-methyl/N-ethyl adjacent to an activating group) is 1. The van der Waals surface area contributed by atoms with Crippen LogP contribution in [0.4, 0.5) is 0 Å². The zero-order valence-electron chi connectivity index (χ0n) is 14.3. The van der Waals surface area contributed by atoms with E-state index in [1.54, 1.807) is 13.3 Å². The van der Waals surface area contributed by atoms with E-state index in [2.05, 4.69) is 17.3 Å². The van der Waals surface area contributed by atoms with Crippen LogP contribution in [0.3, 0.4) is 0 Å². The minimum Gasteiger partial charge on any atom is -0.497 e. The molecule has 1 aliphatic rings. The third kappa shape index (κ3) is 5.28. The molecule has 6 nitrogen and oxygen atoms in total. The van der Waals surface area contributed by atoms with Crippen molar-refractivity contribution >= 4 is 5.91 Å². The van der Waals surface area contributed by atoms with Crippen LogP contribution in [0.5, 0.6) is 5.75 Å². The van der Waals surface area contributed by atoms with Gasteiger partial charge in [0.15, 0.2) is 0 Å². The number of hydrogen-bond donors (Lipinski definition) is 1. The van der Waals surface area contributed by atoms with Crippen LogP contribution in [-0.4, -0.2) is 62.6 Å². The summed E-state index contributed by atoms with van der Waals surface area (Å²) >= 11 is 0. The number of carbonyl (C=O) groups is 1. The van der Waals surface area contributed by atoms with E-state index >= 15 is 0 Å². The van der Waals surface area contributed by atoms with Crippen molar-refractivity contribution in [3.63, 3.8) is 0 Å². The van der Waals surface area contributed by atoms with Gasteiger partial charge in [-0.05, 0) is 31.2 Å². The summed E-state index contributed by atoms with van der Waals surface area (Å²) in [5.74, 6) is 0.495. The highest BCUT2D eigenvalue weighted by Gasteiger charge is 2.14. The SMILES string of the molecule is COc1ccc(CCNC(=O)/C(C#N)=C\N2CCN(C)CC2)cc1. The molecule has 6 heteroatoms. The second-order valence-corrected chi connectivity index (χ2v) is 5.85. The van der Waals surface area contributed by atoms with Crippen molar-refractivity contribution in [1.82, 2.24) is 15.1 Å². The first-order chi connectivity index (χ1) is 11.6. The van der Waals surface area contributed by atoms with Gasteiger partial charge in [0.05, 0.1) is 7.11 Å². The van der Waals surface area contributed by atoms with E-state index in [0.29, 0.717) is 13.0 Å². The molecule has 0 bridgehead atoms. The summed E-state index contributed by atoms with van der Waals surface area (Å²) in [5, 5.41) is 12.0. The van der Waals surface area contributed by atoms with Gasteiger partial charge in [-0.15, -0.1) is 0 Å². The van der Waals surface area contributed by atoms with Crippen LogP contribution in [0.1, 0.15) is 5.56 Å². The maximum atomic E-state index is 12.1. The molecule has 0 aromatic heterocycles. The normalized spacial score (nSPS) is 15.7. The molecule has 24 heavy (non-hydrogen) atoms. The van der Waals surface area contributed by atoms with Crippen LogP contribution in [0.2, 0.25) is 0 Å². The summed E-state index contributed by atoms with van der Waals surface area (Å²) < 4.78 is 5.12. The minimum atomic E-state index is -0.315. The fraction of sp³-hybridized carbons (Fsp3) is 0.444. The fourth-order valence-electron chi connectivity index (χ4n) is 2.48. The van der Waals surface area contributed by atoms with Crippen LogP contribution >= 0.6 is 0 Å². The number of nitrogens with zero attached hydrogens (tertiary/aromatic N) is 3. The molecule has 1 heterocycles. The Balaban J connectivity index is 1.82. The highest BCUT2D eigenvalue weighted by molar-refractivity contribution is 5.97. The zero-order chi connectivity index (χ0) is 17.4. The molecule has 1 amide bonds. The summed E-state index contributed by atoms with van der Waals surface area (Å²) in [6.45, 7) is 4.04. The van der Waals surface area contributed by atoms with E-state index in [1.165, 1.54) is 0 Å². The van der Waals surface area contributed by atoms with Crippen LogP contribution in [0, 0.1) is 11.3 Å². The number of carbonyl (C=O) groups excluding carboxylic acids is 1. The van der Waals surface area contributed by atoms with Crippen molar-refractivity contribution in [2.75, 3.05) is 46.9 Å². The van der Waals surface area contributed by atoms with E-state index in [9.17, 15) is 10.1 Å². The Morgan fingerprint density at radius 2 is 1.96 bits per heavy atom. The number of nitrogens with one attached hydrogen (secondary N) is 1. The van der Waals surface area contributed by atoms with Gasteiger partial charge in [0.25, 0.3) is 5.91 Å². The van der Waals surface area contributed by atoms with Gasteiger partial charge in [-0.1, -0.05) is 12.1 Å². The van der Waals surface area contributed by atoms with Crippen molar-refractivity contribution < 1.29 is 9.53 Å². The van der Waals surface area contributed by atoms with E-state index in [0.717, 1.165) is 37.5 Å². The Hall–Kier alpha value is -2.52. The number of ether oxygens (including phenoxy) is 1. The predicted octanol–water partition coefficient (Wildman–Crippen LogP) is 1.01. The van der Waals surface area contributed by atoms with Gasteiger partial charge >= 0.3 is 0 Å². The Labute approximate surface area is 143 Å². The van der Waals surface area contributed by atoms with Crippen molar-refractivity contribution in [3.05, 3.63) is 41.6 Å². The highest BCUT2D eigenvalue weighted by atomic mass is 16.5. The average Bonchev–Trinajstić information content (AvgIpc) is 2.61. The molecule has 1 aliphatic heterocycles. The van der Waals surface area contributed by atoms with Gasteiger partial charge in [-0.3, -0.25) is 4.79 Å². The number of rotatable bonds is 6. The van der Waals surface area contributed by atoms with Gasteiger partial charge in [0.2, 0.25) is 0 Å². The molecule has 1 aromatic carbocycles. The van der Waals surface area contributed by atoms with Crippen molar-refractivity contribution in [1.29, 1.82) is 5.26 Å². The van der Waals surface area contributed by atoms with Gasteiger partial charge in [0, 0.05) is 38.9 Å². The predicted molar refractivity (Wildman–Crippen MR) is 92.5 cm³/mol. The quantitative estimate of drug-likeness (QED) is 0.623. The standard InChI is InChI=1S/C18H24N4O2/c1-21-9-11-22(12-10-21)14-16(13-19)18(23)20-8-7-15-3-5-17(24-2)6-4-15/h3-6,14H,7-12H2,1-2H3,(H,20,23)/b16-14-. The van der Waals surface area contributed by atoms with Crippen molar-refractivity contribution in [2.24, 2.45) is 0 Å². The average molecular weight is 328 g/mol. The Bertz CT molecular complexity index is 611. The largest absolute Gasteiger partial charge is 0.497 e. The zero-order valence-corrected chi connectivity index (χ0v) is 14.3. The molecular weight excluding hydrogens is 304 g/mol. The van der Waals surface area contributed by atoms with Gasteiger partial charge in [-0.25, -0.2) is 0 Å². The van der Waals surface area contributed by atoms with E-state index in [4.69, 9.17) is 4.74 Å². The molecule has 1 N–H and O–H groups in total. The van der Waals surface area contributed by atoms with Crippen LogP contribution < -0.4 is 10.1 Å². The molecule has 0 saturated carbocycles. The first-order valence-corrected chi connectivity index (χ1v) is 8.08. The molecule has 0 unspecified atom stereocenters. The lowest BCUT2D eigenvalue weighted by Gasteiger charge is -2.31. The van der Waals surface area contributed by atoms with Gasteiger partial charge in [0.1, 0.15) is 17.4 Å². The topological polar surface area (TPSA) is 68.6 Å². The second-order valence-electron chi connectivity index (χ2n) is 5.85. The number of piperazine rings is 1. The Morgan fingerprint density at radius 3 is 2.54 bits per heavy atom. The van der Waals surface area contributed by atoms with Crippen molar-refractivity contribution in [2.45, 2.75) is 6.42 Å². The first kappa shape index (κ1) is 17.8. The molecule has 0 radical (unpaired) electrons. The summed E-state index contributed by atoms with van der Waals surface area (Å²) in [5.41, 5.74) is 1.27. The van der Waals surface area contributed by atoms with E-state index in [1.807, 2.05) is 35.2 Å². The number of benzene rings is 1. The Morgan fingerprint density at radius 1 is 1.29 bits per heavy atom. The number of nitriles is 1. The first-order valence-electron chi connectivity index (χ1n) is 8.08. The van der Waals surface area contributed by atoms with Crippen molar-refractivity contribution in [3.8, 4) is 11.8 Å². The smallest absolute Gasteiger partial charge is 0.263 e. The van der Waals surface area contributed by atoms with Crippen LogP contribution in [0.25, 0.3) is 0 Å². The summed E-state index contributed by atoms with van der Waals surface area (Å²) in [6, 6.07) is 9.73. The van der Waals surface area contributed by atoms with Crippen LogP contribution in [-0.2, 0) is 11.2 Å². The van der Waals surface area contributed by atoms with Crippen LogP contribution in [0.15, 0.2) is 36.0 Å². The molecule has 1 aromatic rings. The highest BCUT2D eigenvalue weighted by Crippen LogP contribution is 2.11. The third-order valence-electron chi connectivity index (χ3n) is 4.07.